The lowest BCUT2D eigenvalue weighted by molar-refractivity contribution is -0.143. The number of fused-ring (bicyclic) bond motifs is 1. The molecule has 2 amide bonds. The van der Waals surface area contributed by atoms with Crippen LogP contribution in [0.4, 0.5) is 30.6 Å². The average Bonchev–Trinajstić information content (AvgIpc) is 3.07. The Morgan fingerprint density at radius 2 is 1.91 bits per heavy atom. The van der Waals surface area contributed by atoms with Crippen molar-refractivity contribution < 1.29 is 22.8 Å². The molecule has 2 N–H and O–H groups in total. The number of anilines is 3. The van der Waals surface area contributed by atoms with Gasteiger partial charge in [-0.3, -0.25) is 14.3 Å². The summed E-state index contributed by atoms with van der Waals surface area (Å²) in [5.74, 6) is 0.355. The number of likely N-dealkylation sites (tertiary alicyclic amines) is 1. The molecular formula is C20H25F3N8O2. The zero-order chi connectivity index (χ0) is 24.2. The predicted octanol–water partition coefficient (Wildman–Crippen LogP) is 1.89. The van der Waals surface area contributed by atoms with E-state index in [-0.39, 0.29) is 42.7 Å². The Labute approximate surface area is 188 Å². The minimum Gasteiger partial charge on any atom is -0.348 e. The Balaban J connectivity index is 1.44. The topological polar surface area (TPSA) is 108 Å². The number of rotatable bonds is 4. The fraction of sp³-hybridized carbons (Fsp3) is 0.550. The molecule has 2 aliphatic rings. The molecule has 1 fully saturated rings. The van der Waals surface area contributed by atoms with Gasteiger partial charge in [-0.1, -0.05) is 13.8 Å². The normalized spacial score (nSPS) is 18.8. The molecule has 2 aromatic rings. The summed E-state index contributed by atoms with van der Waals surface area (Å²) in [6.07, 6.45) is -4.58. The average molecular weight is 466 g/mol. The van der Waals surface area contributed by atoms with Crippen molar-refractivity contribution in [2.24, 2.45) is 13.0 Å². The number of aromatic nitrogens is 4. The summed E-state index contributed by atoms with van der Waals surface area (Å²) in [5, 5.41) is 9.75. The Morgan fingerprint density at radius 1 is 1.24 bits per heavy atom. The molecule has 0 aliphatic carbocycles. The number of halogens is 3. The third kappa shape index (κ3) is 4.07. The van der Waals surface area contributed by atoms with E-state index in [1.807, 2.05) is 25.8 Å². The number of carbonyl (C=O) groups excluding carboxylic acids is 2. The molecule has 0 aromatic carbocycles. The third-order valence-corrected chi connectivity index (χ3v) is 5.86. The maximum Gasteiger partial charge on any atom is 0.433 e. The van der Waals surface area contributed by atoms with Crippen molar-refractivity contribution in [2.75, 3.05) is 35.7 Å². The second-order valence-corrected chi connectivity index (χ2v) is 8.71. The molecule has 0 radical (unpaired) electrons. The molecule has 4 rings (SSSR count). The molecule has 0 bridgehead atoms. The molecule has 178 valence electrons. The van der Waals surface area contributed by atoms with Crippen LogP contribution in [0.25, 0.3) is 0 Å². The molecular weight excluding hydrogens is 441 g/mol. The van der Waals surface area contributed by atoms with E-state index in [1.54, 1.807) is 6.92 Å². The highest BCUT2D eigenvalue weighted by atomic mass is 19.4. The van der Waals surface area contributed by atoms with Gasteiger partial charge >= 0.3 is 6.18 Å². The van der Waals surface area contributed by atoms with E-state index in [4.69, 9.17) is 0 Å². The molecule has 1 saturated heterocycles. The van der Waals surface area contributed by atoms with Gasteiger partial charge in [-0.2, -0.15) is 23.3 Å². The molecule has 33 heavy (non-hydrogen) atoms. The first-order valence-corrected chi connectivity index (χ1v) is 10.5. The van der Waals surface area contributed by atoms with Crippen LogP contribution in [0, 0.1) is 12.8 Å². The van der Waals surface area contributed by atoms with Crippen LogP contribution in [0.5, 0.6) is 0 Å². The monoisotopic (exact) mass is 466 g/mol. The zero-order valence-corrected chi connectivity index (χ0v) is 18.9. The summed E-state index contributed by atoms with van der Waals surface area (Å²) < 4.78 is 39.5. The van der Waals surface area contributed by atoms with Gasteiger partial charge in [-0.25, -0.2) is 4.98 Å². The van der Waals surface area contributed by atoms with Gasteiger partial charge in [0.25, 0.3) is 5.91 Å². The van der Waals surface area contributed by atoms with Crippen LogP contribution in [-0.4, -0.2) is 68.7 Å². The van der Waals surface area contributed by atoms with Gasteiger partial charge in [-0.05, 0) is 12.8 Å². The number of hydrogen-bond donors (Lipinski definition) is 2. The van der Waals surface area contributed by atoms with E-state index in [0.29, 0.717) is 27.8 Å². The lowest BCUT2D eigenvalue weighted by Crippen LogP contribution is -2.57. The predicted molar refractivity (Wildman–Crippen MR) is 114 cm³/mol. The van der Waals surface area contributed by atoms with Crippen molar-refractivity contribution in [3.8, 4) is 0 Å². The second-order valence-electron chi connectivity index (χ2n) is 8.71. The van der Waals surface area contributed by atoms with Crippen molar-refractivity contribution in [3.63, 3.8) is 0 Å². The first kappa shape index (κ1) is 22.8. The molecule has 13 heteroatoms. The Bertz CT molecular complexity index is 1110. The molecule has 10 nitrogen and oxygen atoms in total. The second kappa shape index (κ2) is 7.89. The molecule has 2 aromatic heterocycles. The van der Waals surface area contributed by atoms with Gasteiger partial charge in [0, 0.05) is 33.3 Å². The highest BCUT2D eigenvalue weighted by Gasteiger charge is 2.39. The number of nitrogens with one attached hydrogen (secondary N) is 2. The van der Waals surface area contributed by atoms with E-state index in [1.165, 1.54) is 4.90 Å². The van der Waals surface area contributed by atoms with Gasteiger partial charge < -0.3 is 20.4 Å². The van der Waals surface area contributed by atoms with Gasteiger partial charge in [0.05, 0.1) is 11.7 Å². The van der Waals surface area contributed by atoms with Crippen LogP contribution in [-0.2, 0) is 18.0 Å². The highest BCUT2D eigenvalue weighted by molar-refractivity contribution is 6.03. The summed E-state index contributed by atoms with van der Waals surface area (Å²) in [4.78, 5) is 37.2. The Kier molecular flexibility index (Phi) is 5.45. The first-order chi connectivity index (χ1) is 15.4. The summed E-state index contributed by atoms with van der Waals surface area (Å²) in [5.41, 5.74) is -0.0625. The maximum absolute atomic E-state index is 13.0. The van der Waals surface area contributed by atoms with Gasteiger partial charge in [0.1, 0.15) is 17.4 Å². The van der Waals surface area contributed by atoms with Crippen LogP contribution in [0.3, 0.4) is 0 Å². The van der Waals surface area contributed by atoms with Crippen LogP contribution in [0.2, 0.25) is 0 Å². The van der Waals surface area contributed by atoms with Crippen molar-refractivity contribution >= 4 is 29.3 Å². The number of carbonyl (C=O) groups is 2. The van der Waals surface area contributed by atoms with Gasteiger partial charge in [0.2, 0.25) is 11.9 Å². The number of hydrogen-bond acceptors (Lipinski definition) is 7. The Hall–Kier alpha value is -3.38. The maximum atomic E-state index is 13.0. The van der Waals surface area contributed by atoms with E-state index < -0.39 is 17.8 Å². The molecule has 1 atom stereocenters. The van der Waals surface area contributed by atoms with Gasteiger partial charge in [-0.15, -0.1) is 0 Å². The quantitative estimate of drug-likeness (QED) is 0.708. The summed E-state index contributed by atoms with van der Waals surface area (Å²) in [6.45, 7) is 6.23. The Morgan fingerprint density at radius 3 is 2.48 bits per heavy atom. The van der Waals surface area contributed by atoms with Crippen molar-refractivity contribution in [1.29, 1.82) is 0 Å². The fourth-order valence-electron chi connectivity index (χ4n) is 4.20. The van der Waals surface area contributed by atoms with E-state index in [0.717, 1.165) is 13.1 Å². The van der Waals surface area contributed by atoms with Crippen LogP contribution in [0.15, 0.2) is 6.07 Å². The van der Waals surface area contributed by atoms with Crippen molar-refractivity contribution in [1.82, 2.24) is 24.6 Å². The molecule has 0 spiro atoms. The van der Waals surface area contributed by atoms with Crippen molar-refractivity contribution in [2.45, 2.75) is 39.0 Å². The largest absolute Gasteiger partial charge is 0.433 e. The molecule has 4 heterocycles. The van der Waals surface area contributed by atoms with Crippen molar-refractivity contribution in [3.05, 3.63) is 23.1 Å². The summed E-state index contributed by atoms with van der Waals surface area (Å²) >= 11 is 0. The highest BCUT2D eigenvalue weighted by Crippen LogP contribution is 2.34. The summed E-state index contributed by atoms with van der Waals surface area (Å²) in [6, 6.07) is 0.229. The molecule has 2 aliphatic heterocycles. The number of likely N-dealkylation sites (N-methyl/N-ethyl adjacent to an activating group) is 1. The minimum atomic E-state index is -4.58. The third-order valence-electron chi connectivity index (χ3n) is 5.86. The van der Waals surface area contributed by atoms with E-state index in [9.17, 15) is 22.8 Å². The SMILES string of the molecule is Cc1nc(NC2CN(C(=O)c3cc(C(F)(F)F)n(C)n3)C2)nc2c1NC(=O)C(C(C)C)N2C. The molecule has 1 unspecified atom stereocenters. The van der Waals surface area contributed by atoms with Gasteiger partial charge in [0.15, 0.2) is 11.5 Å². The summed E-state index contributed by atoms with van der Waals surface area (Å²) in [7, 11) is 2.96. The number of alkyl halides is 3. The van der Waals surface area contributed by atoms with E-state index >= 15 is 0 Å². The fourth-order valence-corrected chi connectivity index (χ4v) is 4.20. The lowest BCUT2D eigenvalue weighted by atomic mass is 9.99. The van der Waals surface area contributed by atoms with Crippen LogP contribution < -0.4 is 15.5 Å². The lowest BCUT2D eigenvalue weighted by Gasteiger charge is -2.40. The van der Waals surface area contributed by atoms with Crippen LogP contribution >= 0.6 is 0 Å². The standard InChI is InChI=1S/C20H25F3N8O2/c1-9(2)15-17(32)26-14-10(3)24-19(27-16(14)29(15)4)25-11-7-31(8-11)18(33)12-6-13(20(21,22)23)30(5)28-12/h6,9,11,15H,7-8H2,1-5H3,(H,26,32)(H,24,25,27). The molecule has 0 saturated carbocycles. The van der Waals surface area contributed by atoms with Crippen LogP contribution in [0.1, 0.15) is 35.7 Å². The van der Waals surface area contributed by atoms with E-state index in [2.05, 4.69) is 25.7 Å². The smallest absolute Gasteiger partial charge is 0.348 e. The zero-order valence-electron chi connectivity index (χ0n) is 18.9. The number of aryl methyl sites for hydroxylation is 2. The minimum absolute atomic E-state index is 0.0745. The first-order valence-electron chi connectivity index (χ1n) is 10.5. The number of nitrogens with zero attached hydrogens (tertiary/aromatic N) is 6. The number of amides is 2.